The molecule has 0 aliphatic carbocycles. The summed E-state index contributed by atoms with van der Waals surface area (Å²) in [7, 11) is 1.60. The van der Waals surface area contributed by atoms with Crippen molar-refractivity contribution in [3.8, 4) is 23.2 Å². The number of nitrogens with zero attached hydrogens (tertiary/aromatic N) is 4. The first-order valence-corrected chi connectivity index (χ1v) is 9.41. The summed E-state index contributed by atoms with van der Waals surface area (Å²) in [5, 5.41) is 5.61. The van der Waals surface area contributed by atoms with Gasteiger partial charge in [0, 0.05) is 29.8 Å². The molecule has 2 amide bonds. The van der Waals surface area contributed by atoms with Crippen LogP contribution < -0.4 is 20.1 Å². The van der Waals surface area contributed by atoms with Gasteiger partial charge in [-0.15, -0.1) is 0 Å². The molecule has 0 radical (unpaired) electrons. The van der Waals surface area contributed by atoms with Crippen LogP contribution in [0.5, 0.6) is 17.4 Å². The van der Waals surface area contributed by atoms with Gasteiger partial charge in [-0.1, -0.05) is 0 Å². The van der Waals surface area contributed by atoms with Crippen molar-refractivity contribution < 1.29 is 14.3 Å². The summed E-state index contributed by atoms with van der Waals surface area (Å²) in [6.45, 7) is 1.90. The van der Waals surface area contributed by atoms with Crippen molar-refractivity contribution in [1.29, 1.82) is 0 Å². The van der Waals surface area contributed by atoms with Crippen molar-refractivity contribution in [1.82, 2.24) is 19.5 Å². The highest BCUT2D eigenvalue weighted by Gasteiger charge is 2.07. The lowest BCUT2D eigenvalue weighted by Gasteiger charge is -2.11. The van der Waals surface area contributed by atoms with Gasteiger partial charge in [-0.25, -0.2) is 19.7 Å². The SMILES string of the molecule is COc1ccc(NC(=O)Nc2ccc(Oc3cc(-n4ccnc4)ncn3)cc2)c(C)c1. The van der Waals surface area contributed by atoms with Crippen molar-refractivity contribution in [3.05, 3.63) is 79.1 Å². The number of imidazole rings is 1. The van der Waals surface area contributed by atoms with Gasteiger partial charge < -0.3 is 20.1 Å². The Morgan fingerprint density at radius 2 is 1.81 bits per heavy atom. The summed E-state index contributed by atoms with van der Waals surface area (Å²) >= 11 is 0. The molecule has 0 spiro atoms. The van der Waals surface area contributed by atoms with Crippen LogP contribution in [0.3, 0.4) is 0 Å². The summed E-state index contributed by atoms with van der Waals surface area (Å²) in [5.74, 6) is 2.35. The van der Waals surface area contributed by atoms with Crippen LogP contribution in [-0.2, 0) is 0 Å². The first kappa shape index (κ1) is 19.9. The van der Waals surface area contributed by atoms with E-state index >= 15 is 0 Å². The first-order chi connectivity index (χ1) is 15.1. The quantitative estimate of drug-likeness (QED) is 0.482. The Labute approximate surface area is 178 Å². The third kappa shape index (κ3) is 4.96. The highest BCUT2D eigenvalue weighted by Crippen LogP contribution is 2.24. The minimum Gasteiger partial charge on any atom is -0.497 e. The zero-order chi connectivity index (χ0) is 21.6. The molecule has 0 saturated carbocycles. The number of aromatic nitrogens is 4. The molecule has 9 heteroatoms. The predicted molar refractivity (Wildman–Crippen MR) is 116 cm³/mol. The molecule has 156 valence electrons. The monoisotopic (exact) mass is 416 g/mol. The van der Waals surface area contributed by atoms with E-state index in [0.29, 0.717) is 28.8 Å². The summed E-state index contributed by atoms with van der Waals surface area (Å²) in [4.78, 5) is 24.6. The Hall–Kier alpha value is -4.40. The average Bonchev–Trinajstić information content (AvgIpc) is 3.32. The molecule has 0 aliphatic heterocycles. The Balaban J connectivity index is 1.37. The molecule has 9 nitrogen and oxygen atoms in total. The second-order valence-electron chi connectivity index (χ2n) is 6.57. The molecule has 2 N–H and O–H groups in total. The van der Waals surface area contributed by atoms with Crippen molar-refractivity contribution in [2.45, 2.75) is 6.92 Å². The van der Waals surface area contributed by atoms with Gasteiger partial charge in [-0.2, -0.15) is 0 Å². The van der Waals surface area contributed by atoms with Crippen LogP contribution in [0.25, 0.3) is 5.82 Å². The van der Waals surface area contributed by atoms with Crippen molar-refractivity contribution in [2.24, 2.45) is 0 Å². The standard InChI is InChI=1S/C22H20N6O3/c1-15-11-18(30-2)7-8-19(15)27-22(29)26-16-3-5-17(6-4-16)31-21-12-20(24-13-25-21)28-10-9-23-14-28/h3-14H,1-2H3,(H2,26,27,29). The Morgan fingerprint density at radius 1 is 1.00 bits per heavy atom. The number of hydrogen-bond donors (Lipinski definition) is 2. The Morgan fingerprint density at radius 3 is 2.52 bits per heavy atom. The van der Waals surface area contributed by atoms with Crippen LogP contribution in [0.1, 0.15) is 5.56 Å². The molecule has 2 aromatic heterocycles. The highest BCUT2D eigenvalue weighted by atomic mass is 16.5. The van der Waals surface area contributed by atoms with Gasteiger partial charge in [0.2, 0.25) is 5.88 Å². The van der Waals surface area contributed by atoms with Crippen molar-refractivity contribution in [2.75, 3.05) is 17.7 Å². The minimum atomic E-state index is -0.345. The number of amides is 2. The number of carbonyl (C=O) groups excluding carboxylic acids is 1. The first-order valence-electron chi connectivity index (χ1n) is 9.41. The number of nitrogens with one attached hydrogen (secondary N) is 2. The maximum absolute atomic E-state index is 12.3. The number of benzene rings is 2. The smallest absolute Gasteiger partial charge is 0.323 e. The normalized spacial score (nSPS) is 10.4. The number of urea groups is 1. The molecule has 31 heavy (non-hydrogen) atoms. The average molecular weight is 416 g/mol. The topological polar surface area (TPSA) is 103 Å². The van der Waals surface area contributed by atoms with Gasteiger partial charge in [0.25, 0.3) is 0 Å². The highest BCUT2D eigenvalue weighted by molar-refractivity contribution is 6.00. The van der Waals surface area contributed by atoms with Gasteiger partial charge >= 0.3 is 6.03 Å². The lowest BCUT2D eigenvalue weighted by atomic mass is 10.2. The van der Waals surface area contributed by atoms with E-state index in [2.05, 4.69) is 25.6 Å². The molecule has 0 bridgehead atoms. The van der Waals surface area contributed by atoms with Crippen LogP contribution in [0.4, 0.5) is 16.2 Å². The van der Waals surface area contributed by atoms with E-state index in [1.165, 1.54) is 6.33 Å². The summed E-state index contributed by atoms with van der Waals surface area (Å²) in [6, 6.07) is 13.8. The molecule has 4 rings (SSSR count). The lowest BCUT2D eigenvalue weighted by molar-refractivity contribution is 0.262. The second-order valence-corrected chi connectivity index (χ2v) is 6.57. The van der Waals surface area contributed by atoms with Crippen molar-refractivity contribution >= 4 is 17.4 Å². The fourth-order valence-corrected chi connectivity index (χ4v) is 2.84. The van der Waals surface area contributed by atoms with Crippen LogP contribution in [-0.4, -0.2) is 32.7 Å². The van der Waals surface area contributed by atoms with E-state index in [9.17, 15) is 4.79 Å². The zero-order valence-electron chi connectivity index (χ0n) is 16.9. The van der Waals surface area contributed by atoms with Gasteiger partial charge in [0.1, 0.15) is 30.0 Å². The van der Waals surface area contributed by atoms with E-state index in [-0.39, 0.29) is 6.03 Å². The summed E-state index contributed by atoms with van der Waals surface area (Å²) in [5.41, 5.74) is 2.23. The summed E-state index contributed by atoms with van der Waals surface area (Å²) in [6.07, 6.45) is 6.52. The number of carbonyl (C=O) groups is 1. The minimum absolute atomic E-state index is 0.345. The number of hydrogen-bond acceptors (Lipinski definition) is 6. The van der Waals surface area contributed by atoms with Gasteiger partial charge in [0.15, 0.2) is 0 Å². The number of aryl methyl sites for hydroxylation is 1. The Kier molecular flexibility index (Phi) is 5.75. The Bertz CT molecular complexity index is 1180. The molecular formula is C22H20N6O3. The van der Waals surface area contributed by atoms with E-state index in [1.54, 1.807) is 72.9 Å². The number of anilines is 2. The van der Waals surface area contributed by atoms with E-state index < -0.39 is 0 Å². The van der Waals surface area contributed by atoms with Crippen molar-refractivity contribution in [3.63, 3.8) is 0 Å². The van der Waals surface area contributed by atoms with Gasteiger partial charge in [0.05, 0.1) is 7.11 Å². The van der Waals surface area contributed by atoms with Crippen LogP contribution in [0.15, 0.2) is 73.6 Å². The number of methoxy groups -OCH3 is 1. The predicted octanol–water partition coefficient (Wildman–Crippen LogP) is 4.42. The molecule has 2 aromatic carbocycles. The molecule has 0 aliphatic rings. The zero-order valence-corrected chi connectivity index (χ0v) is 16.9. The maximum atomic E-state index is 12.3. The lowest BCUT2D eigenvalue weighted by Crippen LogP contribution is -2.19. The molecule has 2 heterocycles. The largest absolute Gasteiger partial charge is 0.497 e. The van der Waals surface area contributed by atoms with Crippen LogP contribution in [0, 0.1) is 6.92 Å². The third-order valence-corrected chi connectivity index (χ3v) is 4.41. The third-order valence-electron chi connectivity index (χ3n) is 4.41. The molecule has 0 unspecified atom stereocenters. The number of rotatable bonds is 6. The van der Waals surface area contributed by atoms with E-state index in [1.807, 2.05) is 13.0 Å². The summed E-state index contributed by atoms with van der Waals surface area (Å²) < 4.78 is 12.7. The second kappa shape index (κ2) is 8.95. The fourth-order valence-electron chi connectivity index (χ4n) is 2.84. The van der Waals surface area contributed by atoms with Gasteiger partial charge in [-0.3, -0.25) is 4.57 Å². The van der Waals surface area contributed by atoms with Crippen LogP contribution in [0.2, 0.25) is 0 Å². The van der Waals surface area contributed by atoms with Crippen LogP contribution >= 0.6 is 0 Å². The fraction of sp³-hybridized carbons (Fsp3) is 0.0909. The van der Waals surface area contributed by atoms with E-state index in [0.717, 1.165) is 11.3 Å². The molecule has 0 atom stereocenters. The molecule has 0 saturated heterocycles. The molecular weight excluding hydrogens is 396 g/mol. The van der Waals surface area contributed by atoms with Gasteiger partial charge in [-0.05, 0) is 55.0 Å². The van der Waals surface area contributed by atoms with E-state index in [4.69, 9.17) is 9.47 Å². The molecule has 0 fully saturated rings. The molecule has 4 aromatic rings. The number of ether oxygens (including phenoxy) is 2. The maximum Gasteiger partial charge on any atom is 0.323 e.